The number of aryl methyl sites for hydroxylation is 1. The Morgan fingerprint density at radius 1 is 1.35 bits per heavy atom. The predicted octanol–water partition coefficient (Wildman–Crippen LogP) is 2.52. The van der Waals surface area contributed by atoms with Crippen molar-refractivity contribution in [3.8, 4) is 0 Å². The fourth-order valence-electron chi connectivity index (χ4n) is 1.86. The molecule has 0 radical (unpaired) electrons. The van der Waals surface area contributed by atoms with Gasteiger partial charge in [-0.15, -0.1) is 0 Å². The standard InChI is InChI=1S/C12H13N5/c1-2-17-12(5-6-14-17)15-10-3-4-11-9(7-10)8-13-16-11/h3-8,15H,2H2,1H3,(H,13,16). The number of H-pyrrole nitrogens is 1. The minimum Gasteiger partial charge on any atom is -0.340 e. The van der Waals surface area contributed by atoms with E-state index in [9.17, 15) is 0 Å². The molecular formula is C12H13N5. The van der Waals surface area contributed by atoms with Crippen molar-refractivity contribution in [3.63, 3.8) is 0 Å². The third-order valence-corrected chi connectivity index (χ3v) is 2.73. The lowest BCUT2D eigenvalue weighted by atomic mass is 10.2. The molecule has 0 aliphatic carbocycles. The highest BCUT2D eigenvalue weighted by molar-refractivity contribution is 5.82. The minimum absolute atomic E-state index is 0.850. The van der Waals surface area contributed by atoms with Gasteiger partial charge < -0.3 is 5.32 Å². The molecule has 17 heavy (non-hydrogen) atoms. The molecule has 0 atom stereocenters. The van der Waals surface area contributed by atoms with Crippen molar-refractivity contribution >= 4 is 22.4 Å². The van der Waals surface area contributed by atoms with Crippen LogP contribution in [0.15, 0.2) is 36.7 Å². The molecule has 2 heterocycles. The van der Waals surface area contributed by atoms with Crippen LogP contribution in [-0.2, 0) is 6.54 Å². The number of benzene rings is 1. The van der Waals surface area contributed by atoms with Crippen molar-refractivity contribution in [1.82, 2.24) is 20.0 Å². The largest absolute Gasteiger partial charge is 0.340 e. The van der Waals surface area contributed by atoms with Gasteiger partial charge >= 0.3 is 0 Å². The molecule has 2 N–H and O–H groups in total. The molecule has 0 fully saturated rings. The van der Waals surface area contributed by atoms with Gasteiger partial charge in [-0.25, -0.2) is 4.68 Å². The van der Waals surface area contributed by atoms with Gasteiger partial charge in [-0.3, -0.25) is 5.10 Å². The number of fused-ring (bicyclic) bond motifs is 1. The summed E-state index contributed by atoms with van der Waals surface area (Å²) in [6.45, 7) is 2.92. The Bertz CT molecular complexity index is 637. The zero-order valence-corrected chi connectivity index (χ0v) is 9.51. The zero-order valence-electron chi connectivity index (χ0n) is 9.51. The quantitative estimate of drug-likeness (QED) is 0.722. The van der Waals surface area contributed by atoms with E-state index in [1.165, 1.54) is 0 Å². The van der Waals surface area contributed by atoms with E-state index < -0.39 is 0 Å². The van der Waals surface area contributed by atoms with Crippen molar-refractivity contribution in [1.29, 1.82) is 0 Å². The molecule has 5 heteroatoms. The van der Waals surface area contributed by atoms with Crippen molar-refractivity contribution in [3.05, 3.63) is 36.7 Å². The number of hydrogen-bond acceptors (Lipinski definition) is 3. The second kappa shape index (κ2) is 3.93. The van der Waals surface area contributed by atoms with Crippen molar-refractivity contribution in [2.75, 3.05) is 5.32 Å². The van der Waals surface area contributed by atoms with Crippen molar-refractivity contribution < 1.29 is 0 Å². The Morgan fingerprint density at radius 2 is 2.29 bits per heavy atom. The highest BCUT2D eigenvalue weighted by Crippen LogP contribution is 2.20. The van der Waals surface area contributed by atoms with Gasteiger partial charge in [-0.1, -0.05) is 0 Å². The van der Waals surface area contributed by atoms with E-state index in [1.807, 2.05) is 29.1 Å². The molecule has 0 saturated carbocycles. The van der Waals surface area contributed by atoms with Gasteiger partial charge in [-0.2, -0.15) is 10.2 Å². The Hall–Kier alpha value is -2.30. The van der Waals surface area contributed by atoms with Crippen LogP contribution in [0.2, 0.25) is 0 Å². The summed E-state index contributed by atoms with van der Waals surface area (Å²) in [5.41, 5.74) is 2.08. The second-order valence-electron chi connectivity index (χ2n) is 3.83. The maximum atomic E-state index is 4.22. The minimum atomic E-state index is 0.850. The molecule has 2 aromatic heterocycles. The fourth-order valence-corrected chi connectivity index (χ4v) is 1.86. The summed E-state index contributed by atoms with van der Waals surface area (Å²) >= 11 is 0. The molecule has 0 bridgehead atoms. The van der Waals surface area contributed by atoms with Crippen LogP contribution in [0.1, 0.15) is 6.92 Å². The summed E-state index contributed by atoms with van der Waals surface area (Å²) in [5.74, 6) is 0.996. The van der Waals surface area contributed by atoms with Gasteiger partial charge in [0.25, 0.3) is 0 Å². The summed E-state index contributed by atoms with van der Waals surface area (Å²) in [5, 5.41) is 15.6. The summed E-state index contributed by atoms with van der Waals surface area (Å²) in [6, 6.07) is 8.06. The van der Waals surface area contributed by atoms with E-state index in [-0.39, 0.29) is 0 Å². The van der Waals surface area contributed by atoms with Crippen LogP contribution < -0.4 is 5.32 Å². The van der Waals surface area contributed by atoms with Crippen LogP contribution >= 0.6 is 0 Å². The third-order valence-electron chi connectivity index (χ3n) is 2.73. The van der Waals surface area contributed by atoms with Gasteiger partial charge in [0, 0.05) is 23.7 Å². The molecule has 1 aromatic carbocycles. The first-order valence-corrected chi connectivity index (χ1v) is 5.59. The Morgan fingerprint density at radius 3 is 3.18 bits per heavy atom. The average Bonchev–Trinajstić information content (AvgIpc) is 2.96. The lowest BCUT2D eigenvalue weighted by Gasteiger charge is -2.07. The fraction of sp³-hybridized carbons (Fsp3) is 0.167. The molecule has 3 rings (SSSR count). The van der Waals surface area contributed by atoms with E-state index in [0.717, 1.165) is 29.0 Å². The maximum Gasteiger partial charge on any atom is 0.128 e. The smallest absolute Gasteiger partial charge is 0.128 e. The second-order valence-corrected chi connectivity index (χ2v) is 3.83. The first kappa shape index (κ1) is 9.89. The van der Waals surface area contributed by atoms with E-state index in [2.05, 4.69) is 33.6 Å². The highest BCUT2D eigenvalue weighted by atomic mass is 15.3. The Kier molecular flexibility index (Phi) is 2.29. The summed E-state index contributed by atoms with van der Waals surface area (Å²) in [7, 11) is 0. The predicted molar refractivity (Wildman–Crippen MR) is 67.3 cm³/mol. The van der Waals surface area contributed by atoms with Gasteiger partial charge in [-0.05, 0) is 25.1 Å². The normalized spacial score (nSPS) is 10.9. The van der Waals surface area contributed by atoms with Gasteiger partial charge in [0.05, 0.1) is 17.9 Å². The Labute approximate surface area is 98.5 Å². The molecular weight excluding hydrogens is 214 g/mol. The number of nitrogens with one attached hydrogen (secondary N) is 2. The van der Waals surface area contributed by atoms with Gasteiger partial charge in [0.1, 0.15) is 5.82 Å². The highest BCUT2D eigenvalue weighted by Gasteiger charge is 2.02. The molecule has 0 unspecified atom stereocenters. The topological polar surface area (TPSA) is 58.5 Å². The lowest BCUT2D eigenvalue weighted by molar-refractivity contribution is 0.668. The molecule has 86 valence electrons. The van der Waals surface area contributed by atoms with Crippen LogP contribution in [0.4, 0.5) is 11.5 Å². The number of aromatic amines is 1. The maximum absolute atomic E-state index is 4.22. The zero-order chi connectivity index (χ0) is 11.7. The summed E-state index contributed by atoms with van der Waals surface area (Å²) in [6.07, 6.45) is 3.61. The van der Waals surface area contributed by atoms with Crippen LogP contribution in [0.3, 0.4) is 0 Å². The van der Waals surface area contributed by atoms with Crippen LogP contribution in [0, 0.1) is 0 Å². The number of nitrogens with zero attached hydrogens (tertiary/aromatic N) is 3. The van der Waals surface area contributed by atoms with Gasteiger partial charge in [0.2, 0.25) is 0 Å². The molecule has 0 aliphatic rings. The van der Waals surface area contributed by atoms with E-state index >= 15 is 0 Å². The van der Waals surface area contributed by atoms with Gasteiger partial charge in [0.15, 0.2) is 0 Å². The number of aromatic nitrogens is 4. The Balaban J connectivity index is 1.94. The monoisotopic (exact) mass is 227 g/mol. The van der Waals surface area contributed by atoms with E-state index in [4.69, 9.17) is 0 Å². The number of anilines is 2. The SMILES string of the molecule is CCn1nccc1Nc1ccc2[nH]ncc2c1. The van der Waals surface area contributed by atoms with Crippen molar-refractivity contribution in [2.45, 2.75) is 13.5 Å². The van der Waals surface area contributed by atoms with E-state index in [0.29, 0.717) is 0 Å². The number of rotatable bonds is 3. The first-order valence-electron chi connectivity index (χ1n) is 5.59. The molecule has 5 nitrogen and oxygen atoms in total. The molecule has 3 aromatic rings. The molecule has 0 amide bonds. The van der Waals surface area contributed by atoms with Crippen LogP contribution in [-0.4, -0.2) is 20.0 Å². The lowest BCUT2D eigenvalue weighted by Crippen LogP contribution is -2.02. The third kappa shape index (κ3) is 1.75. The average molecular weight is 227 g/mol. The molecule has 0 saturated heterocycles. The summed E-state index contributed by atoms with van der Waals surface area (Å²) in [4.78, 5) is 0. The van der Waals surface area contributed by atoms with Crippen LogP contribution in [0.25, 0.3) is 10.9 Å². The first-order chi connectivity index (χ1) is 8.36. The molecule has 0 aliphatic heterocycles. The van der Waals surface area contributed by atoms with Crippen LogP contribution in [0.5, 0.6) is 0 Å². The number of hydrogen-bond donors (Lipinski definition) is 2. The van der Waals surface area contributed by atoms with Crippen molar-refractivity contribution in [2.24, 2.45) is 0 Å². The molecule has 0 spiro atoms. The van der Waals surface area contributed by atoms with E-state index in [1.54, 1.807) is 6.20 Å². The summed E-state index contributed by atoms with van der Waals surface area (Å²) < 4.78 is 1.92.